The van der Waals surface area contributed by atoms with Gasteiger partial charge in [-0.05, 0) is 63.6 Å². The summed E-state index contributed by atoms with van der Waals surface area (Å²) in [5.41, 5.74) is 3.33. The number of fused-ring (bicyclic) bond motifs is 1. The molecule has 0 saturated heterocycles. The summed E-state index contributed by atoms with van der Waals surface area (Å²) in [6, 6.07) is 11.7. The molecule has 1 N–H and O–H groups in total. The first-order chi connectivity index (χ1) is 17.3. The number of Topliss-reactive ketones (excluding diaryl/α,β-unsaturated/α-hetero) is 1. The molecule has 1 saturated carbocycles. The van der Waals surface area contributed by atoms with Gasteiger partial charge in [-0.3, -0.25) is 10.1 Å². The molecular formula is C28H35N2O5S+. The molecule has 1 amide bonds. The molecule has 1 aliphatic heterocycles. The highest BCUT2D eigenvalue weighted by atomic mass is 32.1. The Morgan fingerprint density at radius 1 is 1.22 bits per heavy atom. The number of rotatable bonds is 9. The van der Waals surface area contributed by atoms with E-state index in [4.69, 9.17) is 13.8 Å². The predicted molar refractivity (Wildman–Crippen MR) is 143 cm³/mol. The van der Waals surface area contributed by atoms with Crippen molar-refractivity contribution in [1.82, 2.24) is 0 Å². The van der Waals surface area contributed by atoms with Gasteiger partial charge in [0, 0.05) is 22.8 Å². The van der Waals surface area contributed by atoms with E-state index in [9.17, 15) is 9.59 Å². The van der Waals surface area contributed by atoms with Gasteiger partial charge in [-0.15, -0.1) is 0 Å². The number of ketones is 1. The monoisotopic (exact) mass is 511 g/mol. The number of benzene rings is 2. The van der Waals surface area contributed by atoms with Crippen molar-refractivity contribution < 1.29 is 28.1 Å². The quantitative estimate of drug-likeness (QED) is 0.0715. The van der Waals surface area contributed by atoms with Gasteiger partial charge in [-0.2, -0.15) is 4.28 Å². The molecule has 1 fully saturated rings. The van der Waals surface area contributed by atoms with Crippen molar-refractivity contribution in [2.24, 2.45) is 0 Å². The number of cyclic esters (lactones) is 1. The number of amides is 1. The zero-order valence-corrected chi connectivity index (χ0v) is 22.1. The van der Waals surface area contributed by atoms with Crippen molar-refractivity contribution in [2.75, 3.05) is 11.9 Å². The Balaban J connectivity index is 1.42. The maximum absolute atomic E-state index is 12.5. The van der Waals surface area contributed by atoms with Crippen LogP contribution in [0.4, 0.5) is 16.2 Å². The molecule has 4 rings (SSSR count). The summed E-state index contributed by atoms with van der Waals surface area (Å²) < 4.78 is 18.2. The molecule has 8 heteroatoms. The number of unbranched alkanes of at least 4 members (excludes halogenated alkanes) is 1. The topological polar surface area (TPSA) is 76.9 Å². The van der Waals surface area contributed by atoms with Crippen LogP contribution in [0.5, 0.6) is 5.75 Å². The van der Waals surface area contributed by atoms with E-state index in [1.165, 1.54) is 42.4 Å². The van der Waals surface area contributed by atoms with E-state index in [1.54, 1.807) is 6.92 Å². The summed E-state index contributed by atoms with van der Waals surface area (Å²) in [5.74, 6) is 1.12. The molecule has 0 unspecified atom stereocenters. The Bertz CT molecular complexity index is 1150. The maximum atomic E-state index is 12.5. The van der Waals surface area contributed by atoms with Crippen LogP contribution in [0.15, 0.2) is 36.4 Å². The molecule has 2 aliphatic rings. The van der Waals surface area contributed by atoms with Crippen LogP contribution in [0.1, 0.15) is 93.1 Å². The largest absolute Gasteiger partial charge is 0.491 e. The van der Waals surface area contributed by atoms with Crippen molar-refractivity contribution in [3.63, 3.8) is 0 Å². The molecule has 192 valence electrons. The lowest BCUT2D eigenvalue weighted by Gasteiger charge is -2.33. The second-order valence-electron chi connectivity index (χ2n) is 9.95. The maximum Gasteiger partial charge on any atom is 0.412 e. The number of carbonyl (C=O) groups excluding carboxylic acids is 2. The van der Waals surface area contributed by atoms with Gasteiger partial charge < -0.3 is 9.47 Å². The number of ether oxygens (including phenoxy) is 2. The molecule has 0 bridgehead atoms. The minimum atomic E-state index is -0.726. The van der Waals surface area contributed by atoms with Gasteiger partial charge in [0.05, 0.1) is 17.9 Å². The zero-order chi connectivity index (χ0) is 25.7. The second-order valence-corrected chi connectivity index (χ2v) is 10.1. The fourth-order valence-corrected chi connectivity index (χ4v) is 5.22. The highest BCUT2D eigenvalue weighted by molar-refractivity contribution is 7.74. The zero-order valence-electron chi connectivity index (χ0n) is 21.2. The summed E-state index contributed by atoms with van der Waals surface area (Å²) >= 11 is 4.03. The van der Waals surface area contributed by atoms with Crippen LogP contribution in [0, 0.1) is 0 Å². The van der Waals surface area contributed by atoms with Crippen molar-refractivity contribution in [1.29, 1.82) is 0 Å². The number of anilines is 1. The van der Waals surface area contributed by atoms with E-state index in [0.717, 1.165) is 5.56 Å². The van der Waals surface area contributed by atoms with E-state index in [2.05, 4.69) is 24.3 Å². The molecule has 2 aromatic rings. The lowest BCUT2D eigenvalue weighted by Crippen LogP contribution is -2.34. The third-order valence-electron chi connectivity index (χ3n) is 6.95. The molecular weight excluding hydrogens is 476 g/mol. The Labute approximate surface area is 218 Å². The first kappa shape index (κ1) is 26.1. The first-order valence-electron chi connectivity index (χ1n) is 12.7. The van der Waals surface area contributed by atoms with Gasteiger partial charge in [0.2, 0.25) is 6.21 Å². The normalized spacial score (nSPS) is 17.6. The van der Waals surface area contributed by atoms with Crippen molar-refractivity contribution in [3.8, 4) is 5.75 Å². The van der Waals surface area contributed by atoms with Crippen molar-refractivity contribution in [2.45, 2.75) is 77.2 Å². The number of para-hydroxylation sites is 1. The number of carbonyl (C=O) groups is 2. The van der Waals surface area contributed by atoms with Crippen LogP contribution >= 0.6 is 12.9 Å². The number of hydrogen-bond donors (Lipinski definition) is 2. The Morgan fingerprint density at radius 2 is 2.00 bits per heavy atom. The van der Waals surface area contributed by atoms with Gasteiger partial charge in [0.15, 0.2) is 5.78 Å². The summed E-state index contributed by atoms with van der Waals surface area (Å²) in [5, 5.41) is 2.75. The van der Waals surface area contributed by atoms with E-state index in [0.29, 0.717) is 48.1 Å². The highest BCUT2D eigenvalue weighted by Crippen LogP contribution is 2.41. The molecule has 0 spiro atoms. The van der Waals surface area contributed by atoms with Gasteiger partial charge in [-0.25, -0.2) is 4.79 Å². The van der Waals surface area contributed by atoms with Crippen molar-refractivity contribution >= 4 is 42.4 Å². The van der Waals surface area contributed by atoms with Gasteiger partial charge in [0.25, 0.3) is 5.69 Å². The van der Waals surface area contributed by atoms with Crippen LogP contribution < -0.4 is 10.1 Å². The Morgan fingerprint density at radius 3 is 2.72 bits per heavy atom. The highest BCUT2D eigenvalue weighted by Gasteiger charge is 2.35. The van der Waals surface area contributed by atoms with E-state index in [1.807, 2.05) is 50.4 Å². The smallest absolute Gasteiger partial charge is 0.412 e. The fraction of sp³-hybridized carbons (Fsp3) is 0.464. The van der Waals surface area contributed by atoms with Gasteiger partial charge in [-0.1, -0.05) is 37.5 Å². The van der Waals surface area contributed by atoms with Crippen LogP contribution in [0.3, 0.4) is 0 Å². The Hall–Kier alpha value is -3.00. The lowest BCUT2D eigenvalue weighted by atomic mass is 9.83. The third-order valence-corrected chi connectivity index (χ3v) is 7.13. The average molecular weight is 512 g/mol. The van der Waals surface area contributed by atoms with Crippen LogP contribution in [0.2, 0.25) is 0 Å². The standard InChI is InChI=1S/C28H34N2O5S/c1-19(31)22-18-21(20-10-5-4-6-11-20)14-15-24(22)30(35-36)16-7-8-17-33-25-13-9-12-23-26(25)29-27(32)34-28(23,2)3/h9,12-16,18,20H,4-8,10-11,17H2,1-3H3,(H-,29,32,36)/p+1. The summed E-state index contributed by atoms with van der Waals surface area (Å²) in [6.07, 6.45) is 8.83. The van der Waals surface area contributed by atoms with Gasteiger partial charge >= 0.3 is 6.09 Å². The summed E-state index contributed by atoms with van der Waals surface area (Å²) in [7, 11) is 0. The predicted octanol–water partition coefficient (Wildman–Crippen LogP) is 7.08. The van der Waals surface area contributed by atoms with Crippen molar-refractivity contribution in [3.05, 3.63) is 53.1 Å². The average Bonchev–Trinajstić information content (AvgIpc) is 2.86. The molecule has 1 aliphatic carbocycles. The number of hydrogen-bond acceptors (Lipinski definition) is 6. The summed E-state index contributed by atoms with van der Waals surface area (Å²) in [4.78, 5) is 24.4. The summed E-state index contributed by atoms with van der Waals surface area (Å²) in [6.45, 7) is 5.73. The van der Waals surface area contributed by atoms with E-state index in [-0.39, 0.29) is 5.78 Å². The van der Waals surface area contributed by atoms with Crippen LogP contribution in [0.25, 0.3) is 0 Å². The minimum absolute atomic E-state index is 0.00224. The number of thiol groups is 1. The van der Waals surface area contributed by atoms with E-state index >= 15 is 0 Å². The molecule has 7 nitrogen and oxygen atoms in total. The first-order valence-corrected chi connectivity index (χ1v) is 13.0. The second kappa shape index (κ2) is 11.4. The molecule has 36 heavy (non-hydrogen) atoms. The minimum Gasteiger partial charge on any atom is -0.491 e. The van der Waals surface area contributed by atoms with Gasteiger partial charge in [0.1, 0.15) is 24.3 Å². The fourth-order valence-electron chi connectivity index (χ4n) is 5.06. The van der Waals surface area contributed by atoms with E-state index < -0.39 is 11.7 Å². The SMILES string of the molecule is CC(=O)c1cc(C2CCCCC2)ccc1[N+](=CCCCOc1cccc2c1NC(=O)OC2(C)C)OS. The third kappa shape index (κ3) is 5.86. The van der Waals surface area contributed by atoms with Crippen LogP contribution in [-0.4, -0.2) is 29.4 Å². The molecule has 0 radical (unpaired) electrons. The molecule has 2 aromatic carbocycles. The molecule has 0 aromatic heterocycles. The molecule has 1 heterocycles. The number of nitrogens with zero attached hydrogens (tertiary/aromatic N) is 1. The van der Waals surface area contributed by atoms with Crippen LogP contribution in [-0.2, 0) is 14.6 Å². The number of nitrogens with one attached hydrogen (secondary N) is 1. The Kier molecular flexibility index (Phi) is 8.24. The molecule has 0 atom stereocenters. The lowest BCUT2D eigenvalue weighted by molar-refractivity contribution is -0.672.